The molecule has 0 aliphatic carbocycles. The fraction of sp³-hybridized carbons (Fsp3) is 0.500. The van der Waals surface area contributed by atoms with Gasteiger partial charge in [0.2, 0.25) is 17.6 Å². The van der Waals surface area contributed by atoms with E-state index in [1.54, 1.807) is 12.4 Å². The van der Waals surface area contributed by atoms with Crippen LogP contribution in [-0.2, 0) is 16.0 Å². The average molecular weight is 316 g/mol. The Morgan fingerprint density at radius 2 is 2.43 bits per heavy atom. The van der Waals surface area contributed by atoms with Crippen LogP contribution in [0, 0.1) is 0 Å². The minimum Gasteiger partial charge on any atom is -0.376 e. The van der Waals surface area contributed by atoms with E-state index in [0.717, 1.165) is 25.0 Å². The van der Waals surface area contributed by atoms with Crippen molar-refractivity contribution in [2.45, 2.75) is 44.8 Å². The molecule has 0 aromatic carbocycles. The summed E-state index contributed by atoms with van der Waals surface area (Å²) in [6.07, 6.45) is 6.26. The number of rotatable bonds is 6. The number of hydrogen-bond donors (Lipinski definition) is 1. The van der Waals surface area contributed by atoms with Gasteiger partial charge in [-0.3, -0.25) is 9.78 Å². The molecule has 23 heavy (non-hydrogen) atoms. The highest BCUT2D eigenvalue weighted by molar-refractivity contribution is 5.76. The lowest BCUT2D eigenvalue weighted by Gasteiger charge is -2.19. The van der Waals surface area contributed by atoms with E-state index < -0.39 is 0 Å². The highest BCUT2D eigenvalue weighted by Gasteiger charge is 2.23. The van der Waals surface area contributed by atoms with E-state index in [4.69, 9.17) is 9.26 Å². The molecule has 2 aromatic heterocycles. The van der Waals surface area contributed by atoms with Crippen molar-refractivity contribution in [2.75, 3.05) is 6.61 Å². The molecule has 0 bridgehead atoms. The van der Waals surface area contributed by atoms with Crippen LogP contribution < -0.4 is 5.32 Å². The molecule has 0 radical (unpaired) electrons. The van der Waals surface area contributed by atoms with Crippen molar-refractivity contribution in [3.8, 4) is 11.4 Å². The lowest BCUT2D eigenvalue weighted by molar-refractivity contribution is -0.122. The van der Waals surface area contributed by atoms with E-state index in [0.29, 0.717) is 24.6 Å². The summed E-state index contributed by atoms with van der Waals surface area (Å²) in [4.78, 5) is 20.3. The van der Waals surface area contributed by atoms with Crippen LogP contribution in [0.5, 0.6) is 0 Å². The molecule has 0 spiro atoms. The molecule has 1 aliphatic heterocycles. The second-order valence-electron chi connectivity index (χ2n) is 5.66. The summed E-state index contributed by atoms with van der Waals surface area (Å²) >= 11 is 0. The van der Waals surface area contributed by atoms with Gasteiger partial charge >= 0.3 is 0 Å². The van der Waals surface area contributed by atoms with Crippen molar-refractivity contribution in [3.05, 3.63) is 30.4 Å². The summed E-state index contributed by atoms with van der Waals surface area (Å²) in [6.45, 7) is 2.76. The molecular formula is C16H20N4O3. The van der Waals surface area contributed by atoms with E-state index in [1.807, 2.05) is 19.1 Å². The Balaban J connectivity index is 1.48. The molecule has 1 saturated heterocycles. The Hall–Kier alpha value is -2.28. The first-order valence-corrected chi connectivity index (χ1v) is 7.86. The van der Waals surface area contributed by atoms with Crippen LogP contribution in [0.2, 0.25) is 0 Å². The molecule has 1 aliphatic rings. The number of amides is 1. The molecule has 1 amide bonds. The first-order valence-electron chi connectivity index (χ1n) is 7.86. The SMILES string of the molecule is C[C@@H](NC(=O)CCc1nc(-c2cccnc2)no1)[C@H]1CCCO1. The van der Waals surface area contributed by atoms with E-state index in [-0.39, 0.29) is 18.1 Å². The van der Waals surface area contributed by atoms with Crippen LogP contribution >= 0.6 is 0 Å². The summed E-state index contributed by atoms with van der Waals surface area (Å²) in [7, 11) is 0. The van der Waals surface area contributed by atoms with E-state index in [2.05, 4.69) is 20.4 Å². The molecule has 1 N–H and O–H groups in total. The fourth-order valence-electron chi connectivity index (χ4n) is 2.61. The Kier molecular flexibility index (Phi) is 4.97. The van der Waals surface area contributed by atoms with Crippen LogP contribution in [0.1, 0.15) is 32.1 Å². The first-order chi connectivity index (χ1) is 11.2. The lowest BCUT2D eigenvalue weighted by Crippen LogP contribution is -2.40. The van der Waals surface area contributed by atoms with Crippen molar-refractivity contribution in [1.82, 2.24) is 20.4 Å². The van der Waals surface area contributed by atoms with E-state index in [9.17, 15) is 4.79 Å². The molecule has 1 fully saturated rings. The monoisotopic (exact) mass is 316 g/mol. The second kappa shape index (κ2) is 7.32. The molecule has 7 heteroatoms. The van der Waals surface area contributed by atoms with Gasteiger partial charge in [-0.2, -0.15) is 4.98 Å². The number of nitrogens with zero attached hydrogens (tertiary/aromatic N) is 3. The molecule has 2 aromatic rings. The highest BCUT2D eigenvalue weighted by Crippen LogP contribution is 2.16. The number of hydrogen-bond acceptors (Lipinski definition) is 6. The van der Waals surface area contributed by atoms with Crippen LogP contribution in [0.3, 0.4) is 0 Å². The highest BCUT2D eigenvalue weighted by atomic mass is 16.5. The maximum absolute atomic E-state index is 12.0. The van der Waals surface area contributed by atoms with Crippen LogP contribution in [0.15, 0.2) is 29.0 Å². The van der Waals surface area contributed by atoms with Crippen molar-refractivity contribution >= 4 is 5.91 Å². The van der Waals surface area contributed by atoms with Gasteiger partial charge in [-0.15, -0.1) is 0 Å². The van der Waals surface area contributed by atoms with Gasteiger partial charge in [0.15, 0.2) is 0 Å². The largest absolute Gasteiger partial charge is 0.376 e. The quantitative estimate of drug-likeness (QED) is 0.873. The molecule has 0 saturated carbocycles. The van der Waals surface area contributed by atoms with Crippen molar-refractivity contribution in [1.29, 1.82) is 0 Å². The number of nitrogens with one attached hydrogen (secondary N) is 1. The van der Waals surface area contributed by atoms with Crippen molar-refractivity contribution in [3.63, 3.8) is 0 Å². The average Bonchev–Trinajstić information content (AvgIpc) is 3.25. The van der Waals surface area contributed by atoms with Gasteiger partial charge in [0.1, 0.15) is 0 Å². The van der Waals surface area contributed by atoms with Gasteiger partial charge in [-0.25, -0.2) is 0 Å². The third-order valence-corrected chi connectivity index (χ3v) is 3.86. The molecule has 3 rings (SSSR count). The molecule has 2 atom stereocenters. The summed E-state index contributed by atoms with van der Waals surface area (Å²) in [5.74, 6) is 0.902. The van der Waals surface area contributed by atoms with Crippen LogP contribution in [0.4, 0.5) is 0 Å². The number of carbonyl (C=O) groups is 1. The Labute approximate surface area is 134 Å². The molecule has 7 nitrogen and oxygen atoms in total. The fourth-order valence-corrected chi connectivity index (χ4v) is 2.61. The normalized spacial score (nSPS) is 18.7. The maximum Gasteiger partial charge on any atom is 0.227 e. The third-order valence-electron chi connectivity index (χ3n) is 3.86. The number of aromatic nitrogens is 3. The Morgan fingerprint density at radius 1 is 1.52 bits per heavy atom. The predicted molar refractivity (Wildman–Crippen MR) is 82.4 cm³/mol. The van der Waals surface area contributed by atoms with Gasteiger partial charge in [0.25, 0.3) is 0 Å². The van der Waals surface area contributed by atoms with Crippen molar-refractivity contribution < 1.29 is 14.1 Å². The minimum atomic E-state index is -0.0332. The van der Waals surface area contributed by atoms with Crippen LogP contribution in [-0.4, -0.2) is 39.8 Å². The Morgan fingerprint density at radius 3 is 3.17 bits per heavy atom. The maximum atomic E-state index is 12.0. The number of carbonyl (C=O) groups excluding carboxylic acids is 1. The zero-order valence-corrected chi connectivity index (χ0v) is 13.1. The smallest absolute Gasteiger partial charge is 0.227 e. The number of pyridine rings is 1. The lowest BCUT2D eigenvalue weighted by atomic mass is 10.1. The van der Waals surface area contributed by atoms with Gasteiger partial charge in [0, 0.05) is 37.4 Å². The summed E-state index contributed by atoms with van der Waals surface area (Å²) in [5, 5.41) is 6.88. The molecule has 3 heterocycles. The first kappa shape index (κ1) is 15.6. The van der Waals surface area contributed by atoms with Gasteiger partial charge in [-0.1, -0.05) is 5.16 Å². The summed E-state index contributed by atoms with van der Waals surface area (Å²) in [6, 6.07) is 3.70. The van der Waals surface area contributed by atoms with Gasteiger partial charge in [0.05, 0.1) is 12.1 Å². The topological polar surface area (TPSA) is 90.1 Å². The summed E-state index contributed by atoms with van der Waals surface area (Å²) < 4.78 is 10.7. The predicted octanol–water partition coefficient (Wildman–Crippen LogP) is 1.75. The zero-order valence-electron chi connectivity index (χ0n) is 13.1. The standard InChI is InChI=1S/C16H20N4O3/c1-11(13-5-3-9-22-13)18-14(21)6-7-15-19-16(20-23-15)12-4-2-8-17-10-12/h2,4,8,10-11,13H,3,5-7,9H2,1H3,(H,18,21)/t11-,13-/m1/s1. The number of ether oxygens (including phenoxy) is 1. The number of aryl methyl sites for hydroxylation is 1. The third kappa shape index (κ3) is 4.13. The molecule has 122 valence electrons. The van der Waals surface area contributed by atoms with Crippen LogP contribution in [0.25, 0.3) is 11.4 Å². The molecule has 0 unspecified atom stereocenters. The van der Waals surface area contributed by atoms with E-state index >= 15 is 0 Å². The Bertz CT molecular complexity index is 638. The minimum absolute atomic E-state index is 0.0265. The summed E-state index contributed by atoms with van der Waals surface area (Å²) in [5.41, 5.74) is 0.791. The van der Waals surface area contributed by atoms with Crippen molar-refractivity contribution in [2.24, 2.45) is 0 Å². The van der Waals surface area contributed by atoms with E-state index in [1.165, 1.54) is 0 Å². The van der Waals surface area contributed by atoms with Gasteiger partial charge in [-0.05, 0) is 31.9 Å². The van der Waals surface area contributed by atoms with Gasteiger partial charge < -0.3 is 14.6 Å². The second-order valence-corrected chi connectivity index (χ2v) is 5.66. The molecular weight excluding hydrogens is 296 g/mol. The zero-order chi connectivity index (χ0) is 16.1.